The number of H-pyrrole nitrogens is 1. The highest BCUT2D eigenvalue weighted by Gasteiger charge is 2.42. The molecule has 1 aromatic heterocycles. The number of rotatable bonds is 5. The first kappa shape index (κ1) is 23.9. The predicted octanol–water partition coefficient (Wildman–Crippen LogP) is 7.09. The first-order valence-corrected chi connectivity index (χ1v) is 12.1. The standard InChI is InChI=1S/C29H19ClF2N2O4/c1-29(20-9-8-18(30)14-22(20)32)37-25-4-2-3-19(27(25)38-29)15-5-6-16(21(31)11-15)13-26-33-23-10-7-17(28(35)36)12-24(23)34-26/h2-12,14H,13H2,1H3,(H,33,34)(H,35,36). The quantitative estimate of drug-likeness (QED) is 0.252. The van der Waals surface area contributed by atoms with Gasteiger partial charge in [-0.15, -0.1) is 0 Å². The molecule has 190 valence electrons. The van der Waals surface area contributed by atoms with E-state index in [1.165, 1.54) is 30.3 Å². The third-order valence-corrected chi connectivity index (χ3v) is 6.74. The van der Waals surface area contributed by atoms with Crippen LogP contribution in [0, 0.1) is 11.6 Å². The summed E-state index contributed by atoms with van der Waals surface area (Å²) in [5.74, 6) is -2.17. The van der Waals surface area contributed by atoms with Crippen molar-refractivity contribution in [1.29, 1.82) is 0 Å². The Balaban J connectivity index is 1.29. The first-order chi connectivity index (χ1) is 18.2. The third kappa shape index (κ3) is 4.13. The van der Waals surface area contributed by atoms with Crippen molar-refractivity contribution in [2.24, 2.45) is 0 Å². The second-order valence-corrected chi connectivity index (χ2v) is 9.55. The predicted molar refractivity (Wildman–Crippen MR) is 138 cm³/mol. The van der Waals surface area contributed by atoms with Gasteiger partial charge in [-0.05, 0) is 59.7 Å². The normalized spacial score (nSPS) is 16.2. The molecule has 0 fully saturated rings. The summed E-state index contributed by atoms with van der Waals surface area (Å²) in [6, 6.07) is 18.9. The van der Waals surface area contributed by atoms with Crippen molar-refractivity contribution in [3.63, 3.8) is 0 Å². The fourth-order valence-electron chi connectivity index (χ4n) is 4.64. The minimum atomic E-state index is -1.42. The summed E-state index contributed by atoms with van der Waals surface area (Å²) < 4.78 is 42.0. The van der Waals surface area contributed by atoms with Crippen LogP contribution in [0.2, 0.25) is 5.02 Å². The maximum atomic E-state index is 15.3. The van der Waals surface area contributed by atoms with Gasteiger partial charge in [-0.3, -0.25) is 0 Å². The van der Waals surface area contributed by atoms with Gasteiger partial charge >= 0.3 is 5.97 Å². The van der Waals surface area contributed by atoms with Crippen molar-refractivity contribution in [3.05, 3.63) is 112 Å². The first-order valence-electron chi connectivity index (χ1n) is 11.7. The van der Waals surface area contributed by atoms with Gasteiger partial charge in [0.1, 0.15) is 17.5 Å². The fraction of sp³-hybridized carbons (Fsp3) is 0.103. The lowest BCUT2D eigenvalue weighted by Crippen LogP contribution is -2.32. The molecule has 0 bridgehead atoms. The van der Waals surface area contributed by atoms with Crippen LogP contribution in [0.4, 0.5) is 8.78 Å². The Morgan fingerprint density at radius 3 is 2.63 bits per heavy atom. The van der Waals surface area contributed by atoms with Crippen LogP contribution in [0.5, 0.6) is 11.5 Å². The summed E-state index contributed by atoms with van der Waals surface area (Å²) >= 11 is 5.90. The van der Waals surface area contributed by atoms with Crippen molar-refractivity contribution in [2.45, 2.75) is 19.1 Å². The number of nitrogens with one attached hydrogen (secondary N) is 1. The van der Waals surface area contributed by atoms with E-state index in [2.05, 4.69) is 9.97 Å². The average Bonchev–Trinajstić information content (AvgIpc) is 3.44. The van der Waals surface area contributed by atoms with Crippen molar-refractivity contribution in [3.8, 4) is 22.6 Å². The third-order valence-electron chi connectivity index (χ3n) is 6.50. The molecule has 0 radical (unpaired) electrons. The van der Waals surface area contributed by atoms with Gasteiger partial charge in [-0.1, -0.05) is 35.9 Å². The SMILES string of the molecule is CC1(c2ccc(Cl)cc2F)Oc2cccc(-c3ccc(Cc4nc5ccc(C(=O)O)cc5[nH]4)c(F)c3)c2O1. The number of halogens is 3. The van der Waals surface area contributed by atoms with Crippen molar-refractivity contribution in [2.75, 3.05) is 0 Å². The molecule has 0 saturated heterocycles. The van der Waals surface area contributed by atoms with E-state index in [0.29, 0.717) is 45.0 Å². The molecule has 6 nitrogen and oxygen atoms in total. The summed E-state index contributed by atoms with van der Waals surface area (Å²) in [4.78, 5) is 18.7. The Labute approximate surface area is 220 Å². The van der Waals surface area contributed by atoms with Crippen molar-refractivity contribution in [1.82, 2.24) is 9.97 Å². The zero-order valence-electron chi connectivity index (χ0n) is 19.9. The Morgan fingerprint density at radius 2 is 1.87 bits per heavy atom. The number of carboxylic acids is 1. The summed E-state index contributed by atoms with van der Waals surface area (Å²) in [6.45, 7) is 1.61. The van der Waals surface area contributed by atoms with Crippen LogP contribution in [0.15, 0.2) is 72.8 Å². The van der Waals surface area contributed by atoms with E-state index in [-0.39, 0.29) is 22.6 Å². The topological polar surface area (TPSA) is 84.4 Å². The molecule has 0 spiro atoms. The second-order valence-electron chi connectivity index (χ2n) is 9.11. The minimum Gasteiger partial charge on any atom is -0.478 e. The van der Waals surface area contributed by atoms with Crippen molar-refractivity contribution < 1.29 is 28.2 Å². The lowest BCUT2D eigenvalue weighted by atomic mass is 10.0. The number of imidazole rings is 1. The zero-order valence-corrected chi connectivity index (χ0v) is 20.6. The number of carbonyl (C=O) groups is 1. The van der Waals surface area contributed by atoms with Crippen LogP contribution in [-0.4, -0.2) is 21.0 Å². The molecule has 0 aliphatic carbocycles. The second kappa shape index (κ2) is 8.85. The number of nitrogens with zero attached hydrogens (tertiary/aromatic N) is 1. The minimum absolute atomic E-state index is 0.139. The van der Waals surface area contributed by atoms with Gasteiger partial charge in [0.15, 0.2) is 11.5 Å². The number of aromatic amines is 1. The van der Waals surface area contributed by atoms with E-state index < -0.39 is 23.4 Å². The molecule has 1 aliphatic rings. The average molecular weight is 533 g/mol. The number of hydrogen-bond donors (Lipinski definition) is 2. The Hall–Kier alpha value is -4.43. The zero-order chi connectivity index (χ0) is 26.6. The van der Waals surface area contributed by atoms with E-state index in [1.54, 1.807) is 49.4 Å². The lowest BCUT2D eigenvalue weighted by molar-refractivity contribution is -0.0705. The Bertz CT molecular complexity index is 1750. The monoisotopic (exact) mass is 532 g/mol. The molecule has 38 heavy (non-hydrogen) atoms. The molecule has 4 aromatic carbocycles. The van der Waals surface area contributed by atoms with E-state index in [0.717, 1.165) is 0 Å². The van der Waals surface area contributed by atoms with Gasteiger partial charge in [0, 0.05) is 23.9 Å². The summed E-state index contributed by atoms with van der Waals surface area (Å²) in [7, 11) is 0. The molecule has 2 N–H and O–H groups in total. The smallest absolute Gasteiger partial charge is 0.335 e. The fourth-order valence-corrected chi connectivity index (χ4v) is 4.80. The lowest BCUT2D eigenvalue weighted by Gasteiger charge is -2.24. The number of aromatic carboxylic acids is 1. The van der Waals surface area contributed by atoms with E-state index >= 15 is 4.39 Å². The maximum Gasteiger partial charge on any atom is 0.335 e. The number of aromatic nitrogens is 2. The van der Waals surface area contributed by atoms with E-state index in [1.807, 2.05) is 0 Å². The maximum absolute atomic E-state index is 15.3. The number of para-hydroxylation sites is 1. The molecule has 0 saturated carbocycles. The number of ether oxygens (including phenoxy) is 2. The van der Waals surface area contributed by atoms with E-state index in [4.69, 9.17) is 21.1 Å². The van der Waals surface area contributed by atoms with Crippen LogP contribution >= 0.6 is 11.6 Å². The van der Waals surface area contributed by atoms with Gasteiger partial charge in [-0.25, -0.2) is 18.6 Å². The molecule has 1 aliphatic heterocycles. The Kier molecular flexibility index (Phi) is 5.57. The molecule has 6 rings (SSSR count). The number of hydrogen-bond acceptors (Lipinski definition) is 4. The molecule has 5 aromatic rings. The van der Waals surface area contributed by atoms with Crippen molar-refractivity contribution >= 4 is 28.6 Å². The molecular weight excluding hydrogens is 514 g/mol. The Morgan fingerprint density at radius 1 is 1.03 bits per heavy atom. The molecule has 1 unspecified atom stereocenters. The molecular formula is C29H19ClF2N2O4. The van der Waals surface area contributed by atoms with Crippen LogP contribution in [0.25, 0.3) is 22.2 Å². The molecule has 2 heterocycles. The molecule has 1 atom stereocenters. The molecule has 0 amide bonds. The highest BCUT2D eigenvalue weighted by atomic mass is 35.5. The van der Waals surface area contributed by atoms with E-state index in [9.17, 15) is 14.3 Å². The number of carboxylic acid groups (broad SMARTS) is 1. The highest BCUT2D eigenvalue weighted by molar-refractivity contribution is 6.30. The highest BCUT2D eigenvalue weighted by Crippen LogP contribution is 2.49. The number of benzene rings is 4. The van der Waals surface area contributed by atoms with Crippen LogP contribution < -0.4 is 9.47 Å². The van der Waals surface area contributed by atoms with Crippen LogP contribution in [-0.2, 0) is 12.2 Å². The van der Waals surface area contributed by atoms with Gasteiger partial charge < -0.3 is 19.6 Å². The van der Waals surface area contributed by atoms with Crippen LogP contribution in [0.1, 0.15) is 34.2 Å². The summed E-state index contributed by atoms with van der Waals surface area (Å²) in [6.07, 6.45) is 0.184. The number of fused-ring (bicyclic) bond motifs is 2. The summed E-state index contributed by atoms with van der Waals surface area (Å²) in [5.41, 5.74) is 3.04. The largest absolute Gasteiger partial charge is 0.478 e. The van der Waals surface area contributed by atoms with Gasteiger partial charge in [-0.2, -0.15) is 0 Å². The molecule has 9 heteroatoms. The van der Waals surface area contributed by atoms with Gasteiger partial charge in [0.05, 0.1) is 22.2 Å². The summed E-state index contributed by atoms with van der Waals surface area (Å²) in [5, 5.41) is 9.45. The van der Waals surface area contributed by atoms with Crippen LogP contribution in [0.3, 0.4) is 0 Å². The van der Waals surface area contributed by atoms with Gasteiger partial charge in [0.25, 0.3) is 5.79 Å². The van der Waals surface area contributed by atoms with Gasteiger partial charge in [0.2, 0.25) is 0 Å².